The molecule has 0 amide bonds. The predicted octanol–water partition coefficient (Wildman–Crippen LogP) is 2.21. The molecule has 1 aliphatic heterocycles. The highest BCUT2D eigenvalue weighted by Gasteiger charge is 2.30. The third kappa shape index (κ3) is 4.58. The van der Waals surface area contributed by atoms with E-state index in [9.17, 15) is 18.0 Å². The molecule has 0 saturated heterocycles. The number of aliphatic imine (C=N–C) groups is 1. The molecule has 2 aromatic carbocycles. The molecule has 3 heterocycles. The SMILES string of the molecule is O=C(CCN=C1NS(=O)(=O)c2ccccc21)OCc1nc2ccccc2c(=O)n1Cc1ccco1. The lowest BCUT2D eigenvalue weighted by molar-refractivity contribution is -0.145. The Bertz CT molecular complexity index is 1610. The monoisotopic (exact) mass is 492 g/mol. The Hall–Kier alpha value is -4.25. The Balaban J connectivity index is 1.29. The lowest BCUT2D eigenvalue weighted by Crippen LogP contribution is -2.27. The van der Waals surface area contributed by atoms with Crippen molar-refractivity contribution in [3.63, 3.8) is 0 Å². The molecule has 10 nitrogen and oxygen atoms in total. The second-order valence-corrected chi connectivity index (χ2v) is 9.41. The number of benzene rings is 2. The summed E-state index contributed by atoms with van der Waals surface area (Å²) in [4.78, 5) is 34.3. The molecule has 5 rings (SSSR count). The first kappa shape index (κ1) is 22.5. The fourth-order valence-corrected chi connectivity index (χ4v) is 5.02. The molecule has 178 valence electrons. The number of nitrogens with zero attached hydrogens (tertiary/aromatic N) is 3. The van der Waals surface area contributed by atoms with Crippen LogP contribution in [0.15, 0.2) is 86.0 Å². The number of hydrogen-bond acceptors (Lipinski definition) is 8. The molecule has 0 aliphatic carbocycles. The standard InChI is InChI=1S/C24H20N4O6S/c29-22(11-12-25-23-18-8-2-4-10-20(18)35(31,32)27-23)34-15-21-26-19-9-3-1-7-17(19)24(30)28(21)14-16-6-5-13-33-16/h1-10,13H,11-12,14-15H2,(H,25,27). The van der Waals surface area contributed by atoms with Gasteiger partial charge in [-0.25, -0.2) is 13.4 Å². The summed E-state index contributed by atoms with van der Waals surface area (Å²) in [6.07, 6.45) is 1.43. The molecule has 0 radical (unpaired) electrons. The molecule has 1 N–H and O–H groups in total. The Morgan fingerprint density at radius 2 is 1.89 bits per heavy atom. The van der Waals surface area contributed by atoms with E-state index in [0.717, 1.165) is 0 Å². The van der Waals surface area contributed by atoms with Crippen LogP contribution >= 0.6 is 0 Å². The molecule has 2 aromatic heterocycles. The number of furan rings is 1. The van der Waals surface area contributed by atoms with Crippen LogP contribution in [0.2, 0.25) is 0 Å². The lowest BCUT2D eigenvalue weighted by atomic mass is 10.2. The van der Waals surface area contributed by atoms with Crippen molar-refractivity contribution in [2.75, 3.05) is 6.54 Å². The zero-order valence-corrected chi connectivity index (χ0v) is 19.2. The van der Waals surface area contributed by atoms with Crippen LogP contribution in [0.25, 0.3) is 10.9 Å². The average Bonchev–Trinajstić information content (AvgIpc) is 3.46. The summed E-state index contributed by atoms with van der Waals surface area (Å²) < 4.78 is 38.9. The second kappa shape index (κ2) is 9.18. The van der Waals surface area contributed by atoms with E-state index in [4.69, 9.17) is 9.15 Å². The van der Waals surface area contributed by atoms with Crippen molar-refractivity contribution < 1.29 is 22.4 Å². The predicted molar refractivity (Wildman–Crippen MR) is 126 cm³/mol. The van der Waals surface area contributed by atoms with Gasteiger partial charge in [-0.05, 0) is 36.4 Å². The maximum atomic E-state index is 13.1. The van der Waals surface area contributed by atoms with E-state index in [-0.39, 0.29) is 48.2 Å². The average molecular weight is 493 g/mol. The number of carbonyl (C=O) groups excluding carboxylic acids is 1. The van der Waals surface area contributed by atoms with Gasteiger partial charge in [0.05, 0.1) is 41.6 Å². The smallest absolute Gasteiger partial charge is 0.308 e. The molecule has 0 atom stereocenters. The number of fused-ring (bicyclic) bond motifs is 2. The quantitative estimate of drug-likeness (QED) is 0.391. The third-order valence-corrected chi connectivity index (χ3v) is 6.84. The lowest BCUT2D eigenvalue weighted by Gasteiger charge is -2.13. The summed E-state index contributed by atoms with van der Waals surface area (Å²) >= 11 is 0. The normalized spacial score (nSPS) is 15.1. The zero-order valence-electron chi connectivity index (χ0n) is 18.4. The van der Waals surface area contributed by atoms with Crippen molar-refractivity contribution >= 4 is 32.7 Å². The minimum absolute atomic E-state index is 0.0232. The minimum Gasteiger partial charge on any atom is -0.467 e. The van der Waals surface area contributed by atoms with Crippen LogP contribution in [0.5, 0.6) is 0 Å². The molecular formula is C24H20N4O6S. The first-order valence-corrected chi connectivity index (χ1v) is 12.2. The Morgan fingerprint density at radius 1 is 1.09 bits per heavy atom. The van der Waals surface area contributed by atoms with E-state index in [0.29, 0.717) is 22.2 Å². The summed E-state index contributed by atoms with van der Waals surface area (Å²) in [5.41, 5.74) is 0.692. The number of esters is 1. The van der Waals surface area contributed by atoms with Crippen molar-refractivity contribution in [3.8, 4) is 0 Å². The van der Waals surface area contributed by atoms with Gasteiger partial charge in [-0.1, -0.05) is 24.3 Å². The first-order chi connectivity index (χ1) is 16.9. The van der Waals surface area contributed by atoms with Crippen molar-refractivity contribution in [2.45, 2.75) is 24.5 Å². The topological polar surface area (TPSA) is 133 Å². The van der Waals surface area contributed by atoms with Gasteiger partial charge in [-0.15, -0.1) is 0 Å². The van der Waals surface area contributed by atoms with E-state index in [1.807, 2.05) is 0 Å². The largest absolute Gasteiger partial charge is 0.467 e. The number of nitrogens with one attached hydrogen (secondary N) is 1. The molecule has 0 spiro atoms. The molecule has 35 heavy (non-hydrogen) atoms. The summed E-state index contributed by atoms with van der Waals surface area (Å²) in [5.74, 6) is 0.474. The fraction of sp³-hybridized carbons (Fsp3) is 0.167. The number of para-hydroxylation sites is 1. The van der Waals surface area contributed by atoms with Crippen LogP contribution < -0.4 is 10.3 Å². The van der Waals surface area contributed by atoms with Gasteiger partial charge in [-0.3, -0.25) is 23.9 Å². The van der Waals surface area contributed by atoms with Crippen LogP contribution in [0.3, 0.4) is 0 Å². The highest BCUT2D eigenvalue weighted by molar-refractivity contribution is 7.90. The van der Waals surface area contributed by atoms with Crippen molar-refractivity contribution in [1.82, 2.24) is 14.3 Å². The third-order valence-electron chi connectivity index (χ3n) is 5.45. The number of ether oxygens (including phenoxy) is 1. The fourth-order valence-electron chi connectivity index (χ4n) is 3.77. The molecule has 1 aliphatic rings. The van der Waals surface area contributed by atoms with Gasteiger partial charge in [0.1, 0.15) is 18.2 Å². The molecule has 0 unspecified atom stereocenters. The summed E-state index contributed by atoms with van der Waals surface area (Å²) in [6.45, 7) is -0.0508. The van der Waals surface area contributed by atoms with Crippen LogP contribution in [0.1, 0.15) is 23.6 Å². The van der Waals surface area contributed by atoms with Crippen molar-refractivity contribution in [1.29, 1.82) is 0 Å². The summed E-state index contributed by atoms with van der Waals surface area (Å²) in [7, 11) is -3.65. The first-order valence-electron chi connectivity index (χ1n) is 10.8. The Morgan fingerprint density at radius 3 is 2.71 bits per heavy atom. The number of rotatable bonds is 7. The summed E-state index contributed by atoms with van der Waals surface area (Å²) in [6, 6.07) is 16.9. The van der Waals surface area contributed by atoms with Gasteiger partial charge >= 0.3 is 5.97 Å². The second-order valence-electron chi connectivity index (χ2n) is 7.76. The molecule has 0 saturated carbocycles. The molecule has 0 fully saturated rings. The van der Waals surface area contributed by atoms with Crippen LogP contribution in [-0.2, 0) is 32.7 Å². The van der Waals surface area contributed by atoms with Crippen LogP contribution in [0.4, 0.5) is 0 Å². The molecule has 11 heteroatoms. The number of carbonyl (C=O) groups is 1. The highest BCUT2D eigenvalue weighted by Crippen LogP contribution is 2.22. The van der Waals surface area contributed by atoms with Gasteiger partial charge in [0, 0.05) is 5.56 Å². The van der Waals surface area contributed by atoms with Gasteiger partial charge in [0.15, 0.2) is 5.82 Å². The molecule has 0 bridgehead atoms. The maximum absolute atomic E-state index is 13.1. The molecular weight excluding hydrogens is 472 g/mol. The summed E-state index contributed by atoms with van der Waals surface area (Å²) in [5, 5.41) is 0.448. The van der Waals surface area contributed by atoms with E-state index in [1.54, 1.807) is 54.6 Å². The number of hydrogen-bond donors (Lipinski definition) is 1. The maximum Gasteiger partial charge on any atom is 0.308 e. The van der Waals surface area contributed by atoms with Crippen molar-refractivity contribution in [2.24, 2.45) is 4.99 Å². The molecule has 4 aromatic rings. The Kier molecular flexibility index (Phi) is 5.91. The van der Waals surface area contributed by atoms with Crippen LogP contribution in [0, 0.1) is 0 Å². The van der Waals surface area contributed by atoms with E-state index < -0.39 is 16.0 Å². The minimum atomic E-state index is -3.65. The van der Waals surface area contributed by atoms with Gasteiger partial charge in [0.2, 0.25) is 0 Å². The van der Waals surface area contributed by atoms with Gasteiger partial charge in [-0.2, -0.15) is 0 Å². The van der Waals surface area contributed by atoms with E-state index >= 15 is 0 Å². The van der Waals surface area contributed by atoms with Gasteiger partial charge < -0.3 is 9.15 Å². The number of amidine groups is 1. The zero-order chi connectivity index (χ0) is 24.4. The van der Waals surface area contributed by atoms with Crippen LogP contribution in [-0.4, -0.2) is 36.3 Å². The highest BCUT2D eigenvalue weighted by atomic mass is 32.2. The van der Waals surface area contributed by atoms with E-state index in [1.165, 1.54) is 16.9 Å². The Labute approximate surface area is 199 Å². The van der Waals surface area contributed by atoms with Crippen molar-refractivity contribution in [3.05, 3.63) is 94.4 Å². The van der Waals surface area contributed by atoms with Gasteiger partial charge in [0.25, 0.3) is 15.6 Å². The number of aromatic nitrogens is 2. The van der Waals surface area contributed by atoms with E-state index in [2.05, 4.69) is 14.7 Å². The number of sulfonamides is 1.